The van der Waals surface area contributed by atoms with Gasteiger partial charge in [-0.2, -0.15) is 0 Å². The number of pyridine rings is 1. The van der Waals surface area contributed by atoms with Gasteiger partial charge in [-0.15, -0.1) is 11.3 Å². The zero-order valence-corrected chi connectivity index (χ0v) is 11.8. The van der Waals surface area contributed by atoms with E-state index in [-0.39, 0.29) is 5.56 Å². The fourth-order valence-electron chi connectivity index (χ4n) is 1.73. The highest BCUT2D eigenvalue weighted by Gasteiger charge is 2.08. The molecule has 19 heavy (non-hydrogen) atoms. The fraction of sp³-hybridized carbons (Fsp3) is 0.0833. The van der Waals surface area contributed by atoms with Crippen molar-refractivity contribution in [2.24, 2.45) is 0 Å². The van der Waals surface area contributed by atoms with Crippen LogP contribution in [-0.2, 0) is 6.54 Å². The van der Waals surface area contributed by atoms with E-state index in [0.717, 1.165) is 5.56 Å². The lowest BCUT2D eigenvalue weighted by Crippen LogP contribution is -2.20. The number of fused-ring (bicyclic) bond motifs is 1. The van der Waals surface area contributed by atoms with E-state index in [2.05, 4.69) is 9.97 Å². The Morgan fingerprint density at radius 2 is 2.11 bits per heavy atom. The van der Waals surface area contributed by atoms with Gasteiger partial charge in [0.2, 0.25) is 0 Å². The second kappa shape index (κ2) is 4.92. The molecule has 96 valence electrons. The van der Waals surface area contributed by atoms with Gasteiger partial charge in [0.05, 0.1) is 18.4 Å². The van der Waals surface area contributed by atoms with E-state index in [1.807, 2.05) is 11.4 Å². The summed E-state index contributed by atoms with van der Waals surface area (Å²) in [4.78, 5) is 20.4. The molecular formula is C12H7Cl2N3OS. The minimum atomic E-state index is -0.0778. The largest absolute Gasteiger partial charge is 0.293 e. The van der Waals surface area contributed by atoms with E-state index < -0.39 is 0 Å². The molecule has 0 spiro atoms. The van der Waals surface area contributed by atoms with Gasteiger partial charge in [-0.25, -0.2) is 9.97 Å². The minimum Gasteiger partial charge on any atom is -0.293 e. The lowest BCUT2D eigenvalue weighted by molar-refractivity contribution is 0.747. The van der Waals surface area contributed by atoms with E-state index in [0.29, 0.717) is 27.1 Å². The Morgan fingerprint density at radius 3 is 2.89 bits per heavy atom. The lowest BCUT2D eigenvalue weighted by Gasteiger charge is -2.06. The first-order valence-electron chi connectivity index (χ1n) is 5.39. The lowest BCUT2D eigenvalue weighted by atomic mass is 10.3. The van der Waals surface area contributed by atoms with Crippen LogP contribution in [0.15, 0.2) is 34.7 Å². The van der Waals surface area contributed by atoms with Crippen molar-refractivity contribution in [3.8, 4) is 0 Å². The van der Waals surface area contributed by atoms with Gasteiger partial charge in [0.1, 0.15) is 15.0 Å². The molecule has 0 aromatic carbocycles. The first kappa shape index (κ1) is 12.6. The number of thiophene rings is 1. The molecule has 0 amide bonds. The summed E-state index contributed by atoms with van der Waals surface area (Å²) in [6.07, 6.45) is 1.52. The van der Waals surface area contributed by atoms with Crippen molar-refractivity contribution < 1.29 is 0 Å². The summed E-state index contributed by atoms with van der Waals surface area (Å²) in [5, 5.41) is 2.47. The quantitative estimate of drug-likeness (QED) is 0.683. The summed E-state index contributed by atoms with van der Waals surface area (Å²) in [7, 11) is 0. The van der Waals surface area contributed by atoms with E-state index in [4.69, 9.17) is 23.2 Å². The predicted molar refractivity (Wildman–Crippen MR) is 77.2 cm³/mol. The van der Waals surface area contributed by atoms with Crippen molar-refractivity contribution in [3.63, 3.8) is 0 Å². The minimum absolute atomic E-state index is 0.0778. The Balaban J connectivity index is 2.05. The van der Waals surface area contributed by atoms with Gasteiger partial charge in [-0.3, -0.25) is 9.36 Å². The SMILES string of the molecule is O=c1c2sccc2ncn1Cc1ccc(Cl)nc1Cl. The second-order valence-electron chi connectivity index (χ2n) is 3.90. The summed E-state index contributed by atoms with van der Waals surface area (Å²) < 4.78 is 2.15. The van der Waals surface area contributed by atoms with E-state index in [1.54, 1.807) is 12.1 Å². The fourth-order valence-corrected chi connectivity index (χ4v) is 2.93. The van der Waals surface area contributed by atoms with Crippen LogP contribution in [0.5, 0.6) is 0 Å². The number of hydrogen-bond acceptors (Lipinski definition) is 4. The average molecular weight is 312 g/mol. The maximum absolute atomic E-state index is 12.2. The van der Waals surface area contributed by atoms with Crippen LogP contribution in [-0.4, -0.2) is 14.5 Å². The molecule has 0 radical (unpaired) electrons. The van der Waals surface area contributed by atoms with E-state index in [9.17, 15) is 4.79 Å². The summed E-state index contributed by atoms with van der Waals surface area (Å²) in [6.45, 7) is 0.322. The molecule has 0 unspecified atom stereocenters. The van der Waals surface area contributed by atoms with Crippen molar-refractivity contribution >= 4 is 44.8 Å². The standard InChI is InChI=1S/C12H7Cl2N3OS/c13-9-2-1-7(11(14)16-9)5-17-6-15-8-3-4-19-10(8)12(17)18/h1-4,6H,5H2. The molecule has 3 aromatic rings. The molecule has 3 aromatic heterocycles. The molecule has 3 heterocycles. The summed E-state index contributed by atoms with van der Waals surface area (Å²) >= 11 is 13.1. The zero-order valence-electron chi connectivity index (χ0n) is 9.51. The molecule has 0 bridgehead atoms. The van der Waals surface area contributed by atoms with Gasteiger partial charge in [0.25, 0.3) is 5.56 Å². The van der Waals surface area contributed by atoms with Gasteiger partial charge in [-0.05, 0) is 17.5 Å². The maximum Gasteiger partial charge on any atom is 0.271 e. The normalized spacial score (nSPS) is 11.1. The average Bonchev–Trinajstić information content (AvgIpc) is 2.85. The van der Waals surface area contributed by atoms with Crippen molar-refractivity contribution in [1.29, 1.82) is 0 Å². The monoisotopic (exact) mass is 311 g/mol. The van der Waals surface area contributed by atoms with Crippen LogP contribution in [0, 0.1) is 0 Å². The van der Waals surface area contributed by atoms with Gasteiger partial charge >= 0.3 is 0 Å². The number of halogens is 2. The molecule has 0 N–H and O–H groups in total. The second-order valence-corrected chi connectivity index (χ2v) is 5.56. The first-order valence-corrected chi connectivity index (χ1v) is 7.02. The number of nitrogens with zero attached hydrogens (tertiary/aromatic N) is 3. The summed E-state index contributed by atoms with van der Waals surface area (Å²) in [5.74, 6) is 0. The van der Waals surface area contributed by atoms with Gasteiger partial charge in [0.15, 0.2) is 0 Å². The van der Waals surface area contributed by atoms with Crippen LogP contribution in [0.1, 0.15) is 5.56 Å². The first-order chi connectivity index (χ1) is 9.15. The molecule has 3 rings (SSSR count). The summed E-state index contributed by atoms with van der Waals surface area (Å²) in [5.41, 5.74) is 1.36. The Kier molecular flexibility index (Phi) is 3.26. The van der Waals surface area contributed by atoms with Crippen molar-refractivity contribution in [2.45, 2.75) is 6.54 Å². The van der Waals surface area contributed by atoms with Crippen LogP contribution in [0.4, 0.5) is 0 Å². The highest BCUT2D eigenvalue weighted by atomic mass is 35.5. The molecule has 0 fully saturated rings. The van der Waals surface area contributed by atoms with Crippen LogP contribution in [0.2, 0.25) is 10.3 Å². The highest BCUT2D eigenvalue weighted by Crippen LogP contribution is 2.18. The molecule has 0 atom stereocenters. The Bertz CT molecular complexity index is 812. The van der Waals surface area contributed by atoms with Crippen molar-refractivity contribution in [1.82, 2.24) is 14.5 Å². The van der Waals surface area contributed by atoms with E-state index in [1.165, 1.54) is 22.2 Å². The molecule has 0 aliphatic carbocycles. The Labute approximate surface area is 122 Å². The van der Waals surface area contributed by atoms with Gasteiger partial charge in [-0.1, -0.05) is 29.3 Å². The molecule has 0 aliphatic rings. The van der Waals surface area contributed by atoms with Crippen LogP contribution in [0.25, 0.3) is 10.2 Å². The van der Waals surface area contributed by atoms with E-state index >= 15 is 0 Å². The van der Waals surface area contributed by atoms with Gasteiger partial charge < -0.3 is 0 Å². The van der Waals surface area contributed by atoms with Crippen molar-refractivity contribution in [2.75, 3.05) is 0 Å². The Hall–Kier alpha value is -1.43. The highest BCUT2D eigenvalue weighted by molar-refractivity contribution is 7.17. The van der Waals surface area contributed by atoms with Crippen LogP contribution < -0.4 is 5.56 Å². The third-order valence-corrected chi connectivity index (χ3v) is 4.10. The van der Waals surface area contributed by atoms with Crippen molar-refractivity contribution in [3.05, 3.63) is 56.1 Å². The predicted octanol–water partition coefficient (Wildman–Crippen LogP) is 3.21. The molecule has 4 nitrogen and oxygen atoms in total. The van der Waals surface area contributed by atoms with Crippen LogP contribution in [0.3, 0.4) is 0 Å². The smallest absolute Gasteiger partial charge is 0.271 e. The third kappa shape index (κ3) is 2.36. The summed E-state index contributed by atoms with van der Waals surface area (Å²) in [6, 6.07) is 5.22. The molecule has 0 saturated heterocycles. The molecular weight excluding hydrogens is 305 g/mol. The maximum atomic E-state index is 12.2. The molecule has 0 saturated carbocycles. The number of aromatic nitrogens is 3. The zero-order chi connectivity index (χ0) is 13.4. The topological polar surface area (TPSA) is 47.8 Å². The van der Waals surface area contributed by atoms with Gasteiger partial charge in [0, 0.05) is 5.56 Å². The number of hydrogen-bond donors (Lipinski definition) is 0. The van der Waals surface area contributed by atoms with Crippen LogP contribution >= 0.6 is 34.5 Å². The molecule has 0 aliphatic heterocycles. The third-order valence-electron chi connectivity index (χ3n) is 2.67. The Morgan fingerprint density at radius 1 is 1.26 bits per heavy atom. The number of rotatable bonds is 2. The molecule has 7 heteroatoms.